The third-order valence-electron chi connectivity index (χ3n) is 3.94. The molecule has 1 aliphatic rings. The van der Waals surface area contributed by atoms with Gasteiger partial charge in [-0.05, 0) is 31.9 Å². The van der Waals surface area contributed by atoms with E-state index in [0.717, 1.165) is 29.7 Å². The number of rotatable bonds is 4. The summed E-state index contributed by atoms with van der Waals surface area (Å²) in [6.07, 6.45) is 3.70. The standard InChI is InChI=1S/C16H16N4O2S/c1-10-8-14(11-6-7-11)19-16(18-10)20-23(21,22)15-9-17-13-5-3-2-4-12(13)15/h2-5,8-9,11,17H,6-7H2,1H3,(H,18,19,20). The molecule has 3 aromatic rings. The minimum absolute atomic E-state index is 0.136. The van der Waals surface area contributed by atoms with Crippen molar-refractivity contribution >= 4 is 26.9 Å². The van der Waals surface area contributed by atoms with Gasteiger partial charge in [0.05, 0.1) is 0 Å². The first-order valence-electron chi connectivity index (χ1n) is 7.47. The Labute approximate surface area is 134 Å². The maximum Gasteiger partial charge on any atom is 0.266 e. The van der Waals surface area contributed by atoms with Crippen molar-refractivity contribution < 1.29 is 8.42 Å². The van der Waals surface area contributed by atoms with Crippen LogP contribution in [0.1, 0.15) is 30.1 Å². The van der Waals surface area contributed by atoms with Gasteiger partial charge in [-0.1, -0.05) is 18.2 Å². The van der Waals surface area contributed by atoms with Gasteiger partial charge in [0.2, 0.25) is 5.95 Å². The summed E-state index contributed by atoms with van der Waals surface area (Å²) in [5.74, 6) is 0.574. The van der Waals surface area contributed by atoms with Crippen LogP contribution in [-0.4, -0.2) is 23.4 Å². The fraction of sp³-hybridized carbons (Fsp3) is 0.250. The van der Waals surface area contributed by atoms with Gasteiger partial charge in [-0.2, -0.15) is 0 Å². The summed E-state index contributed by atoms with van der Waals surface area (Å²) in [4.78, 5) is 11.7. The number of para-hydroxylation sites is 1. The van der Waals surface area contributed by atoms with E-state index in [-0.39, 0.29) is 10.8 Å². The molecule has 0 aliphatic heterocycles. The van der Waals surface area contributed by atoms with Crippen molar-refractivity contribution in [3.63, 3.8) is 0 Å². The number of fused-ring (bicyclic) bond motifs is 1. The number of aryl methyl sites for hydroxylation is 1. The van der Waals surface area contributed by atoms with Crippen molar-refractivity contribution in [3.05, 3.63) is 47.9 Å². The highest BCUT2D eigenvalue weighted by Crippen LogP contribution is 2.39. The summed E-state index contributed by atoms with van der Waals surface area (Å²) in [7, 11) is -3.74. The summed E-state index contributed by atoms with van der Waals surface area (Å²) in [6.45, 7) is 1.84. The number of hydrogen-bond donors (Lipinski definition) is 2. The van der Waals surface area contributed by atoms with Gasteiger partial charge in [-0.25, -0.2) is 23.1 Å². The van der Waals surface area contributed by atoms with Gasteiger partial charge in [0.25, 0.3) is 10.0 Å². The zero-order chi connectivity index (χ0) is 16.0. The SMILES string of the molecule is Cc1cc(C2CC2)nc(NS(=O)(=O)c2c[nH]c3ccccc23)n1. The number of anilines is 1. The van der Waals surface area contributed by atoms with Crippen molar-refractivity contribution in [1.82, 2.24) is 15.0 Å². The molecule has 2 heterocycles. The van der Waals surface area contributed by atoms with E-state index in [1.165, 1.54) is 6.20 Å². The average molecular weight is 328 g/mol. The van der Waals surface area contributed by atoms with E-state index in [9.17, 15) is 8.42 Å². The number of sulfonamides is 1. The summed E-state index contributed by atoms with van der Waals surface area (Å²) in [5, 5.41) is 0.648. The Morgan fingerprint density at radius 3 is 2.78 bits per heavy atom. The summed E-state index contributed by atoms with van der Waals surface area (Å²) in [5.41, 5.74) is 2.45. The molecule has 6 nitrogen and oxygen atoms in total. The van der Waals surface area contributed by atoms with Crippen LogP contribution >= 0.6 is 0 Å². The molecule has 1 saturated carbocycles. The minimum Gasteiger partial charge on any atom is -0.360 e. The van der Waals surface area contributed by atoms with Gasteiger partial charge in [0, 0.05) is 34.4 Å². The smallest absolute Gasteiger partial charge is 0.266 e. The molecule has 1 aliphatic carbocycles. The molecular formula is C16H16N4O2S. The normalized spacial score (nSPS) is 15.0. The highest BCUT2D eigenvalue weighted by atomic mass is 32.2. The van der Waals surface area contributed by atoms with Gasteiger partial charge >= 0.3 is 0 Å². The Balaban J connectivity index is 1.72. The molecule has 4 rings (SSSR count). The maximum absolute atomic E-state index is 12.7. The monoisotopic (exact) mass is 328 g/mol. The molecule has 0 atom stereocenters. The third kappa shape index (κ3) is 2.68. The zero-order valence-electron chi connectivity index (χ0n) is 12.6. The Hall–Kier alpha value is -2.41. The van der Waals surface area contributed by atoms with E-state index in [1.807, 2.05) is 31.2 Å². The highest BCUT2D eigenvalue weighted by Gasteiger charge is 2.27. The molecule has 1 fully saturated rings. The molecule has 1 aromatic carbocycles. The molecule has 0 amide bonds. The maximum atomic E-state index is 12.7. The second kappa shape index (κ2) is 5.06. The highest BCUT2D eigenvalue weighted by molar-refractivity contribution is 7.93. The van der Waals surface area contributed by atoms with Crippen molar-refractivity contribution in [2.45, 2.75) is 30.6 Å². The number of hydrogen-bond acceptors (Lipinski definition) is 4. The van der Waals surface area contributed by atoms with Crippen LogP contribution in [0.25, 0.3) is 10.9 Å². The quantitative estimate of drug-likeness (QED) is 0.771. The predicted octanol–water partition coefficient (Wildman–Crippen LogP) is 2.94. The van der Waals surface area contributed by atoms with E-state index in [4.69, 9.17) is 0 Å². The lowest BCUT2D eigenvalue weighted by atomic mass is 10.2. The molecule has 2 N–H and O–H groups in total. The van der Waals surface area contributed by atoms with Crippen LogP contribution in [0, 0.1) is 6.92 Å². The molecule has 0 unspecified atom stereocenters. The molecule has 0 saturated heterocycles. The third-order valence-corrected chi connectivity index (χ3v) is 5.30. The van der Waals surface area contributed by atoms with Gasteiger partial charge in [0.15, 0.2) is 0 Å². The first-order valence-corrected chi connectivity index (χ1v) is 8.96. The van der Waals surface area contributed by atoms with E-state index in [1.54, 1.807) is 6.07 Å². The molecule has 118 valence electrons. The lowest BCUT2D eigenvalue weighted by molar-refractivity contribution is 0.601. The van der Waals surface area contributed by atoms with E-state index in [0.29, 0.717) is 11.3 Å². The number of nitrogens with one attached hydrogen (secondary N) is 2. The Morgan fingerprint density at radius 2 is 2.00 bits per heavy atom. The Morgan fingerprint density at radius 1 is 1.22 bits per heavy atom. The first kappa shape index (κ1) is 14.2. The molecule has 0 radical (unpaired) electrons. The second-order valence-corrected chi connectivity index (χ2v) is 7.49. The van der Waals surface area contributed by atoms with Crippen LogP contribution < -0.4 is 4.72 Å². The minimum atomic E-state index is -3.74. The molecule has 7 heteroatoms. The van der Waals surface area contributed by atoms with Crippen molar-refractivity contribution in [2.75, 3.05) is 4.72 Å². The van der Waals surface area contributed by atoms with E-state index in [2.05, 4.69) is 19.7 Å². The number of aromatic nitrogens is 3. The summed E-state index contributed by atoms with van der Waals surface area (Å²) in [6, 6.07) is 9.19. The van der Waals surface area contributed by atoms with Gasteiger partial charge in [-0.15, -0.1) is 0 Å². The Bertz CT molecular complexity index is 990. The number of aromatic amines is 1. The lowest BCUT2D eigenvalue weighted by Gasteiger charge is -2.08. The van der Waals surface area contributed by atoms with E-state index >= 15 is 0 Å². The zero-order valence-corrected chi connectivity index (χ0v) is 13.4. The Kier molecular flexibility index (Phi) is 3.12. The number of benzene rings is 1. The molecule has 0 spiro atoms. The topological polar surface area (TPSA) is 87.7 Å². The number of nitrogens with zero attached hydrogens (tertiary/aromatic N) is 2. The first-order chi connectivity index (χ1) is 11.0. The average Bonchev–Trinajstić information content (AvgIpc) is 3.25. The molecular weight excluding hydrogens is 312 g/mol. The van der Waals surface area contributed by atoms with Crippen LogP contribution in [0.5, 0.6) is 0 Å². The lowest BCUT2D eigenvalue weighted by Crippen LogP contribution is -2.15. The van der Waals surface area contributed by atoms with Crippen LogP contribution in [0.4, 0.5) is 5.95 Å². The fourth-order valence-corrected chi connectivity index (χ4v) is 3.79. The van der Waals surface area contributed by atoms with Crippen LogP contribution in [0.2, 0.25) is 0 Å². The van der Waals surface area contributed by atoms with Crippen LogP contribution in [0.3, 0.4) is 0 Å². The molecule has 0 bridgehead atoms. The molecule has 23 heavy (non-hydrogen) atoms. The second-order valence-electron chi connectivity index (χ2n) is 5.84. The van der Waals surface area contributed by atoms with E-state index < -0.39 is 10.0 Å². The van der Waals surface area contributed by atoms with Crippen molar-refractivity contribution in [2.24, 2.45) is 0 Å². The fourth-order valence-electron chi connectivity index (χ4n) is 2.67. The summed E-state index contributed by atoms with van der Waals surface area (Å²) < 4.78 is 27.9. The van der Waals surface area contributed by atoms with Gasteiger partial charge in [-0.3, -0.25) is 0 Å². The van der Waals surface area contributed by atoms with Crippen LogP contribution in [-0.2, 0) is 10.0 Å². The van der Waals surface area contributed by atoms with Crippen LogP contribution in [0.15, 0.2) is 41.4 Å². The van der Waals surface area contributed by atoms with Crippen molar-refractivity contribution in [3.8, 4) is 0 Å². The van der Waals surface area contributed by atoms with Gasteiger partial charge < -0.3 is 4.98 Å². The number of H-pyrrole nitrogens is 1. The predicted molar refractivity (Wildman–Crippen MR) is 87.9 cm³/mol. The van der Waals surface area contributed by atoms with Crippen molar-refractivity contribution in [1.29, 1.82) is 0 Å². The summed E-state index contributed by atoms with van der Waals surface area (Å²) >= 11 is 0. The molecule has 2 aromatic heterocycles. The largest absolute Gasteiger partial charge is 0.360 e. The van der Waals surface area contributed by atoms with Gasteiger partial charge in [0.1, 0.15) is 4.90 Å².